The molecule has 2 aliphatic rings. The van der Waals surface area contributed by atoms with Crippen molar-refractivity contribution in [1.29, 1.82) is 0 Å². The second-order valence-electron chi connectivity index (χ2n) is 10.9. The molecule has 0 radical (unpaired) electrons. The van der Waals surface area contributed by atoms with Gasteiger partial charge in [0.1, 0.15) is 16.4 Å². The average Bonchev–Trinajstić information content (AvgIpc) is 2.98. The van der Waals surface area contributed by atoms with E-state index in [1.54, 1.807) is 6.07 Å². The van der Waals surface area contributed by atoms with Crippen molar-refractivity contribution in [2.75, 3.05) is 49.5 Å². The van der Waals surface area contributed by atoms with Crippen LogP contribution in [0, 0.1) is 21.8 Å². The molecular weight excluding hydrogens is 572 g/mol. The molecule has 1 aliphatic carbocycles. The minimum atomic E-state index is -4.80. The van der Waals surface area contributed by atoms with E-state index in [9.17, 15) is 27.7 Å². The summed E-state index contributed by atoms with van der Waals surface area (Å²) in [7, 11) is 0. The highest BCUT2D eigenvalue weighted by molar-refractivity contribution is 7.80. The molecule has 5 rings (SSSR count). The summed E-state index contributed by atoms with van der Waals surface area (Å²) >= 11 is 5.67. The van der Waals surface area contributed by atoms with Gasteiger partial charge in [0.2, 0.25) is 0 Å². The molecule has 0 atom stereocenters. The zero-order valence-electron chi connectivity index (χ0n) is 22.9. The molecule has 1 saturated heterocycles. The third kappa shape index (κ3) is 7.27. The third-order valence-electron chi connectivity index (χ3n) is 8.11. The number of hydrogen-bond donors (Lipinski definition) is 1. The van der Waals surface area contributed by atoms with Gasteiger partial charge in [-0.1, -0.05) is 24.4 Å². The Morgan fingerprint density at radius 3 is 2.36 bits per heavy atom. The molecular formula is C30H32F4N4O3S. The van der Waals surface area contributed by atoms with Crippen LogP contribution in [0.15, 0.2) is 54.6 Å². The molecule has 0 aromatic heterocycles. The predicted molar refractivity (Wildman–Crippen MR) is 159 cm³/mol. The lowest BCUT2D eigenvalue weighted by Gasteiger charge is -2.38. The van der Waals surface area contributed by atoms with Crippen LogP contribution >= 0.6 is 12.2 Å². The Hall–Kier alpha value is -3.51. The molecule has 2 fully saturated rings. The van der Waals surface area contributed by atoms with Crippen molar-refractivity contribution in [1.82, 2.24) is 4.90 Å². The Labute approximate surface area is 246 Å². The van der Waals surface area contributed by atoms with E-state index in [0.29, 0.717) is 13.2 Å². The first-order chi connectivity index (χ1) is 20.1. The predicted octanol–water partition coefficient (Wildman–Crippen LogP) is 7.04. The third-order valence-corrected chi connectivity index (χ3v) is 8.49. The first-order valence-electron chi connectivity index (χ1n) is 14.0. The van der Waals surface area contributed by atoms with E-state index in [1.165, 1.54) is 18.2 Å². The van der Waals surface area contributed by atoms with Crippen LogP contribution in [-0.4, -0.2) is 60.2 Å². The largest absolute Gasteiger partial charge is 0.423 e. The normalized spacial score (nSPS) is 19.6. The summed E-state index contributed by atoms with van der Waals surface area (Å²) in [5.41, 5.74) is -0.878. The SMILES string of the molecule is O=[N+]([O-])c1ccc(NCC2CCC(OCC(=S)N3CCN(c4ccc5cc(F)ccc5c4)CC3)CC2)cc1C(F)(F)F. The molecule has 0 spiro atoms. The topological polar surface area (TPSA) is 70.9 Å². The number of alkyl halides is 3. The summed E-state index contributed by atoms with van der Waals surface area (Å²) in [4.78, 5) is 15.2. The molecule has 7 nitrogen and oxygen atoms in total. The molecule has 0 bridgehead atoms. The second kappa shape index (κ2) is 12.8. The summed E-state index contributed by atoms with van der Waals surface area (Å²) in [6.07, 6.45) is -1.32. The van der Waals surface area contributed by atoms with E-state index in [2.05, 4.69) is 21.2 Å². The Morgan fingerprint density at radius 2 is 1.67 bits per heavy atom. The molecule has 0 amide bonds. The van der Waals surface area contributed by atoms with Crippen molar-refractivity contribution in [2.24, 2.45) is 5.92 Å². The van der Waals surface area contributed by atoms with Crippen molar-refractivity contribution in [2.45, 2.75) is 38.0 Å². The zero-order chi connectivity index (χ0) is 29.9. The van der Waals surface area contributed by atoms with E-state index in [1.807, 2.05) is 12.1 Å². The summed E-state index contributed by atoms with van der Waals surface area (Å²) in [5.74, 6) is 0.0267. The van der Waals surface area contributed by atoms with Gasteiger partial charge in [-0.15, -0.1) is 0 Å². The summed E-state index contributed by atoms with van der Waals surface area (Å²) < 4.78 is 59.4. The van der Waals surface area contributed by atoms with Crippen LogP contribution in [0.2, 0.25) is 0 Å². The number of nitrogens with zero attached hydrogens (tertiary/aromatic N) is 3. The van der Waals surface area contributed by atoms with Crippen LogP contribution < -0.4 is 10.2 Å². The van der Waals surface area contributed by atoms with Gasteiger partial charge in [0.15, 0.2) is 0 Å². The highest BCUT2D eigenvalue weighted by Gasteiger charge is 2.38. The lowest BCUT2D eigenvalue weighted by atomic mass is 9.87. The first-order valence-corrected chi connectivity index (χ1v) is 14.4. The van der Waals surface area contributed by atoms with Crippen LogP contribution in [0.4, 0.5) is 34.6 Å². The lowest BCUT2D eigenvalue weighted by Crippen LogP contribution is -2.49. The summed E-state index contributed by atoms with van der Waals surface area (Å²) in [6.45, 7) is 4.10. The van der Waals surface area contributed by atoms with E-state index < -0.39 is 22.4 Å². The maximum atomic E-state index is 13.5. The van der Waals surface area contributed by atoms with Crippen LogP contribution in [0.25, 0.3) is 10.8 Å². The molecule has 42 heavy (non-hydrogen) atoms. The van der Waals surface area contributed by atoms with Gasteiger partial charge < -0.3 is 19.9 Å². The van der Waals surface area contributed by atoms with Crippen molar-refractivity contribution < 1.29 is 27.2 Å². The second-order valence-corrected chi connectivity index (χ2v) is 11.3. The number of benzene rings is 3. The van der Waals surface area contributed by atoms with E-state index in [0.717, 1.165) is 85.4 Å². The van der Waals surface area contributed by atoms with Gasteiger partial charge >= 0.3 is 6.18 Å². The van der Waals surface area contributed by atoms with E-state index in [4.69, 9.17) is 17.0 Å². The number of rotatable bonds is 8. The van der Waals surface area contributed by atoms with E-state index >= 15 is 0 Å². The Kier molecular flexibility index (Phi) is 9.12. The number of ether oxygens (including phenoxy) is 1. The minimum Gasteiger partial charge on any atom is -0.385 e. The number of nitro groups is 1. The number of nitro benzene ring substituents is 1. The van der Waals surface area contributed by atoms with Crippen LogP contribution in [0.1, 0.15) is 31.2 Å². The van der Waals surface area contributed by atoms with Gasteiger partial charge in [-0.25, -0.2) is 4.39 Å². The maximum Gasteiger partial charge on any atom is 0.423 e. The molecule has 1 heterocycles. The fourth-order valence-electron chi connectivity index (χ4n) is 5.69. The quantitative estimate of drug-likeness (QED) is 0.128. The number of anilines is 2. The number of hydrogen-bond acceptors (Lipinski definition) is 6. The van der Waals surface area contributed by atoms with E-state index in [-0.39, 0.29) is 23.5 Å². The number of nitrogens with one attached hydrogen (secondary N) is 1. The van der Waals surface area contributed by atoms with Gasteiger partial charge in [-0.3, -0.25) is 10.1 Å². The van der Waals surface area contributed by atoms with Crippen LogP contribution in [0.5, 0.6) is 0 Å². The van der Waals surface area contributed by atoms with Crippen molar-refractivity contribution in [3.05, 3.63) is 76.1 Å². The monoisotopic (exact) mass is 604 g/mol. The van der Waals surface area contributed by atoms with Gasteiger partial charge in [-0.2, -0.15) is 13.2 Å². The molecule has 3 aromatic rings. The molecule has 0 unspecified atom stereocenters. The van der Waals surface area contributed by atoms with Gasteiger partial charge in [-0.05, 0) is 78.8 Å². The first kappa shape index (κ1) is 30.0. The van der Waals surface area contributed by atoms with Gasteiger partial charge in [0.05, 0.1) is 17.6 Å². The molecule has 224 valence electrons. The Balaban J connectivity index is 1.03. The zero-order valence-corrected chi connectivity index (χ0v) is 23.7. The minimum absolute atomic E-state index is 0.0825. The average molecular weight is 605 g/mol. The van der Waals surface area contributed by atoms with Gasteiger partial charge in [0, 0.05) is 50.2 Å². The van der Waals surface area contributed by atoms with Crippen molar-refractivity contribution >= 4 is 45.0 Å². The van der Waals surface area contributed by atoms with Crippen molar-refractivity contribution in [3.63, 3.8) is 0 Å². The molecule has 12 heteroatoms. The van der Waals surface area contributed by atoms with Crippen LogP contribution in [-0.2, 0) is 10.9 Å². The number of halogens is 4. The Morgan fingerprint density at radius 1 is 0.976 bits per heavy atom. The highest BCUT2D eigenvalue weighted by Crippen LogP contribution is 2.38. The lowest BCUT2D eigenvalue weighted by molar-refractivity contribution is -0.388. The smallest absolute Gasteiger partial charge is 0.385 e. The standard InChI is InChI=1S/C30H32F4N4O3S/c31-23-5-3-22-16-25(7-4-21(22)15-23)36-11-13-37(14-12-36)29(42)19-41-26-8-1-20(2-9-26)18-35-24-6-10-28(38(39)40)27(17-24)30(32,33)34/h3-7,10,15-17,20,26,35H,1-2,8-9,11-14,18-19H2. The fourth-order valence-corrected chi connectivity index (χ4v) is 5.94. The fraction of sp³-hybridized carbons (Fsp3) is 0.433. The van der Waals surface area contributed by atoms with Gasteiger partial charge in [0.25, 0.3) is 5.69 Å². The maximum absolute atomic E-state index is 13.5. The molecule has 1 saturated carbocycles. The molecule has 1 aliphatic heterocycles. The Bertz CT molecular complexity index is 1440. The number of fused-ring (bicyclic) bond motifs is 1. The van der Waals surface area contributed by atoms with Crippen molar-refractivity contribution in [3.8, 4) is 0 Å². The highest BCUT2D eigenvalue weighted by atomic mass is 32.1. The summed E-state index contributed by atoms with van der Waals surface area (Å²) in [5, 5.41) is 15.9. The number of piperazine rings is 1. The molecule has 1 N–H and O–H groups in total. The summed E-state index contributed by atoms with van der Waals surface area (Å²) in [6, 6.07) is 13.9. The molecule has 3 aromatic carbocycles. The van der Waals surface area contributed by atoms with Crippen LogP contribution in [0.3, 0.4) is 0 Å². The number of thiocarbonyl (C=S) groups is 1.